The number of anilines is 1. The largest absolute Gasteiger partial charge is 0.497 e. The molecular formula is C25H33N3O7S2. The van der Waals surface area contributed by atoms with Crippen LogP contribution in [0, 0.1) is 5.92 Å². The number of benzene rings is 2. The molecule has 0 spiro atoms. The fourth-order valence-electron chi connectivity index (χ4n) is 4.70. The Morgan fingerprint density at radius 1 is 0.811 bits per heavy atom. The van der Waals surface area contributed by atoms with E-state index in [1.807, 2.05) is 0 Å². The van der Waals surface area contributed by atoms with E-state index in [1.165, 1.54) is 47.1 Å². The quantitative estimate of drug-likeness (QED) is 0.535. The molecule has 2 aromatic carbocycles. The van der Waals surface area contributed by atoms with Crippen molar-refractivity contribution in [1.82, 2.24) is 8.61 Å². The molecule has 0 unspecified atom stereocenters. The first-order valence-corrected chi connectivity index (χ1v) is 15.2. The number of ether oxygens (including phenoxy) is 2. The van der Waals surface area contributed by atoms with E-state index in [0.29, 0.717) is 37.4 Å². The zero-order valence-corrected chi connectivity index (χ0v) is 22.7. The summed E-state index contributed by atoms with van der Waals surface area (Å²) >= 11 is 0. The lowest BCUT2D eigenvalue weighted by Crippen LogP contribution is -2.41. The first-order chi connectivity index (χ1) is 17.7. The topological polar surface area (TPSA) is 122 Å². The number of amides is 1. The van der Waals surface area contributed by atoms with Crippen molar-refractivity contribution in [3.8, 4) is 11.5 Å². The van der Waals surface area contributed by atoms with Gasteiger partial charge >= 0.3 is 0 Å². The molecule has 4 rings (SSSR count). The van der Waals surface area contributed by atoms with Crippen molar-refractivity contribution in [1.29, 1.82) is 0 Å². The van der Waals surface area contributed by atoms with Crippen LogP contribution in [0.3, 0.4) is 0 Å². The van der Waals surface area contributed by atoms with Gasteiger partial charge in [0.25, 0.3) is 0 Å². The summed E-state index contributed by atoms with van der Waals surface area (Å²) in [6.45, 7) is 1.34. The normalized spacial score (nSPS) is 18.3. The molecular weight excluding hydrogens is 518 g/mol. The van der Waals surface area contributed by atoms with E-state index in [1.54, 1.807) is 18.2 Å². The van der Waals surface area contributed by atoms with Crippen molar-refractivity contribution in [2.45, 2.75) is 41.9 Å². The molecule has 0 aromatic heterocycles. The molecule has 2 aliphatic heterocycles. The molecule has 0 bridgehead atoms. The van der Waals surface area contributed by atoms with Gasteiger partial charge in [-0.05, 0) is 68.1 Å². The van der Waals surface area contributed by atoms with Crippen LogP contribution in [0.1, 0.15) is 32.1 Å². The molecule has 37 heavy (non-hydrogen) atoms. The van der Waals surface area contributed by atoms with Crippen LogP contribution in [0.15, 0.2) is 52.3 Å². The van der Waals surface area contributed by atoms with E-state index >= 15 is 0 Å². The third-order valence-electron chi connectivity index (χ3n) is 6.89. The number of rotatable bonds is 8. The van der Waals surface area contributed by atoms with Crippen molar-refractivity contribution in [2.75, 3.05) is 45.7 Å². The number of carbonyl (C=O) groups excluding carboxylic acids is 1. The molecule has 2 saturated heterocycles. The zero-order valence-electron chi connectivity index (χ0n) is 21.1. The fraction of sp³-hybridized carbons (Fsp3) is 0.480. The summed E-state index contributed by atoms with van der Waals surface area (Å²) in [5.74, 6) is 0.125. The van der Waals surface area contributed by atoms with Gasteiger partial charge < -0.3 is 14.8 Å². The average molecular weight is 552 g/mol. The number of hydrogen-bond acceptors (Lipinski definition) is 7. The summed E-state index contributed by atoms with van der Waals surface area (Å²) in [6, 6.07) is 10.8. The minimum atomic E-state index is -3.77. The van der Waals surface area contributed by atoms with E-state index in [0.717, 1.165) is 19.3 Å². The van der Waals surface area contributed by atoms with E-state index < -0.39 is 26.0 Å². The Morgan fingerprint density at radius 2 is 1.43 bits per heavy atom. The summed E-state index contributed by atoms with van der Waals surface area (Å²) < 4.78 is 65.7. The highest BCUT2D eigenvalue weighted by Crippen LogP contribution is 2.32. The predicted molar refractivity (Wildman–Crippen MR) is 139 cm³/mol. The highest BCUT2D eigenvalue weighted by molar-refractivity contribution is 7.89. The van der Waals surface area contributed by atoms with Crippen LogP contribution in [0.25, 0.3) is 0 Å². The van der Waals surface area contributed by atoms with E-state index in [2.05, 4.69) is 5.32 Å². The highest BCUT2D eigenvalue weighted by atomic mass is 32.2. The summed E-state index contributed by atoms with van der Waals surface area (Å²) in [6.07, 6.45) is 3.34. The minimum Gasteiger partial charge on any atom is -0.497 e. The van der Waals surface area contributed by atoms with Crippen LogP contribution in [0.5, 0.6) is 11.5 Å². The molecule has 2 aromatic rings. The zero-order chi connectivity index (χ0) is 26.6. The van der Waals surface area contributed by atoms with Gasteiger partial charge in [-0.3, -0.25) is 4.79 Å². The van der Waals surface area contributed by atoms with Gasteiger partial charge in [-0.15, -0.1) is 0 Å². The third kappa shape index (κ3) is 5.92. The molecule has 0 radical (unpaired) electrons. The van der Waals surface area contributed by atoms with Crippen LogP contribution in [0.4, 0.5) is 5.69 Å². The van der Waals surface area contributed by atoms with E-state index in [9.17, 15) is 21.6 Å². The molecule has 1 amide bonds. The Labute approximate surface area is 218 Å². The van der Waals surface area contributed by atoms with Crippen molar-refractivity contribution in [2.24, 2.45) is 5.92 Å². The molecule has 1 N–H and O–H groups in total. The first kappa shape index (κ1) is 27.4. The fourth-order valence-corrected chi connectivity index (χ4v) is 7.87. The maximum atomic E-state index is 13.3. The molecule has 2 heterocycles. The molecule has 0 saturated carbocycles. The Kier molecular flexibility index (Phi) is 8.42. The third-order valence-corrected chi connectivity index (χ3v) is 10.7. The van der Waals surface area contributed by atoms with Gasteiger partial charge in [0.2, 0.25) is 26.0 Å². The summed E-state index contributed by atoms with van der Waals surface area (Å²) in [5.41, 5.74) is 0.356. The van der Waals surface area contributed by atoms with Crippen molar-refractivity contribution in [3.63, 3.8) is 0 Å². The minimum absolute atomic E-state index is 0.0232. The molecule has 12 heteroatoms. The summed E-state index contributed by atoms with van der Waals surface area (Å²) in [7, 11) is -4.51. The Bertz CT molecular complexity index is 1310. The lowest BCUT2D eigenvalue weighted by atomic mass is 9.97. The number of nitrogens with zero attached hydrogens (tertiary/aromatic N) is 2. The van der Waals surface area contributed by atoms with Crippen LogP contribution >= 0.6 is 0 Å². The van der Waals surface area contributed by atoms with Gasteiger partial charge in [0.05, 0.1) is 19.1 Å². The van der Waals surface area contributed by atoms with Gasteiger partial charge in [0, 0.05) is 37.8 Å². The molecule has 10 nitrogen and oxygen atoms in total. The second kappa shape index (κ2) is 11.4. The Morgan fingerprint density at radius 3 is 2.03 bits per heavy atom. The average Bonchev–Trinajstić information content (AvgIpc) is 2.93. The SMILES string of the molecule is COc1ccc(S(=O)(=O)N2CCC(C(=O)Nc3ccc(OC)c(S(=O)(=O)N4CCCCC4)c3)CC2)cc1. The van der Waals surface area contributed by atoms with Crippen molar-refractivity contribution >= 4 is 31.6 Å². The monoisotopic (exact) mass is 551 g/mol. The van der Waals surface area contributed by atoms with Crippen LogP contribution in [0.2, 0.25) is 0 Å². The van der Waals surface area contributed by atoms with Gasteiger partial charge in [0.1, 0.15) is 16.4 Å². The van der Waals surface area contributed by atoms with Crippen LogP contribution in [-0.4, -0.2) is 71.8 Å². The number of nitrogens with one attached hydrogen (secondary N) is 1. The van der Waals surface area contributed by atoms with Crippen molar-refractivity contribution in [3.05, 3.63) is 42.5 Å². The van der Waals surface area contributed by atoms with Crippen LogP contribution < -0.4 is 14.8 Å². The number of hydrogen-bond donors (Lipinski definition) is 1. The number of methoxy groups -OCH3 is 2. The Balaban J connectivity index is 1.42. The highest BCUT2D eigenvalue weighted by Gasteiger charge is 2.33. The van der Waals surface area contributed by atoms with Crippen LogP contribution in [-0.2, 0) is 24.8 Å². The smallest absolute Gasteiger partial charge is 0.246 e. The predicted octanol–water partition coefficient (Wildman–Crippen LogP) is 2.92. The lowest BCUT2D eigenvalue weighted by molar-refractivity contribution is -0.120. The summed E-state index contributed by atoms with van der Waals surface area (Å²) in [4.78, 5) is 13.2. The van der Waals surface area contributed by atoms with Gasteiger partial charge in [0.15, 0.2) is 0 Å². The molecule has 0 atom stereocenters. The number of sulfonamides is 2. The lowest BCUT2D eigenvalue weighted by Gasteiger charge is -2.30. The molecule has 0 aliphatic carbocycles. The summed E-state index contributed by atoms with van der Waals surface area (Å²) in [5, 5.41) is 2.82. The van der Waals surface area contributed by atoms with E-state index in [4.69, 9.17) is 9.47 Å². The van der Waals surface area contributed by atoms with Gasteiger partial charge in [-0.2, -0.15) is 8.61 Å². The maximum Gasteiger partial charge on any atom is 0.246 e. The second-order valence-electron chi connectivity index (χ2n) is 9.17. The van der Waals surface area contributed by atoms with Gasteiger partial charge in [-0.25, -0.2) is 16.8 Å². The molecule has 2 fully saturated rings. The molecule has 2 aliphatic rings. The molecule has 202 valence electrons. The second-order valence-corrected chi connectivity index (χ2v) is 13.0. The van der Waals surface area contributed by atoms with Crippen molar-refractivity contribution < 1.29 is 31.1 Å². The Hall–Kier alpha value is -2.67. The van der Waals surface area contributed by atoms with Gasteiger partial charge in [-0.1, -0.05) is 6.42 Å². The van der Waals surface area contributed by atoms with E-state index in [-0.39, 0.29) is 34.5 Å². The number of piperidine rings is 2. The standard InChI is InChI=1S/C25H33N3O7S2/c1-34-21-7-9-22(10-8-21)36(30,31)28-16-12-19(13-17-28)25(29)26-20-6-11-23(35-2)24(18-20)37(32,33)27-14-4-3-5-15-27/h6-11,18-19H,3-5,12-17H2,1-2H3,(H,26,29). The maximum absolute atomic E-state index is 13.3. The number of carbonyl (C=O) groups is 1. The first-order valence-electron chi connectivity index (χ1n) is 12.3.